The summed E-state index contributed by atoms with van der Waals surface area (Å²) in [5, 5.41) is 0. The van der Waals surface area contributed by atoms with E-state index in [1.54, 1.807) is 37.3 Å². The predicted molar refractivity (Wildman–Crippen MR) is 64.4 cm³/mol. The molecule has 0 amide bonds. The van der Waals surface area contributed by atoms with E-state index in [1.807, 2.05) is 0 Å². The molecule has 0 radical (unpaired) electrons. The quantitative estimate of drug-likeness (QED) is 0.728. The maximum Gasteiger partial charge on any atom is 0.305 e. The molecule has 0 atom stereocenters. The molecule has 94 valence electrons. The van der Waals surface area contributed by atoms with Crippen LogP contribution in [0.1, 0.15) is 19.8 Å². The molecule has 0 saturated carbocycles. The first-order chi connectivity index (χ1) is 8.06. The summed E-state index contributed by atoms with van der Waals surface area (Å²) in [6, 6.07) is 8.23. The number of benzene rings is 1. The van der Waals surface area contributed by atoms with Gasteiger partial charge in [-0.1, -0.05) is 18.2 Å². The number of carbonyl (C=O) groups is 1. The second kappa shape index (κ2) is 6.39. The Morgan fingerprint density at radius 1 is 1.24 bits per heavy atom. The van der Waals surface area contributed by atoms with Gasteiger partial charge in [0.05, 0.1) is 17.3 Å². The van der Waals surface area contributed by atoms with E-state index < -0.39 is 9.84 Å². The van der Waals surface area contributed by atoms with Gasteiger partial charge in [0, 0.05) is 6.42 Å². The first-order valence-corrected chi connectivity index (χ1v) is 7.15. The normalized spacial score (nSPS) is 11.1. The van der Waals surface area contributed by atoms with Gasteiger partial charge in [0.15, 0.2) is 9.84 Å². The number of rotatable bonds is 6. The van der Waals surface area contributed by atoms with E-state index in [1.165, 1.54) is 0 Å². The number of hydrogen-bond acceptors (Lipinski definition) is 4. The summed E-state index contributed by atoms with van der Waals surface area (Å²) in [7, 11) is -3.28. The largest absolute Gasteiger partial charge is 0.466 e. The highest BCUT2D eigenvalue weighted by Gasteiger charge is 2.14. The summed E-state index contributed by atoms with van der Waals surface area (Å²) in [6.45, 7) is 2.04. The first kappa shape index (κ1) is 13.7. The topological polar surface area (TPSA) is 60.4 Å². The highest BCUT2D eigenvalue weighted by molar-refractivity contribution is 7.91. The van der Waals surface area contributed by atoms with Gasteiger partial charge in [-0.3, -0.25) is 4.79 Å². The molecule has 17 heavy (non-hydrogen) atoms. The third kappa shape index (κ3) is 4.56. The fourth-order valence-electron chi connectivity index (χ4n) is 1.39. The lowest BCUT2D eigenvalue weighted by molar-refractivity contribution is -0.143. The SMILES string of the molecule is CCOC(=O)CCCS(=O)(=O)c1ccccc1. The Balaban J connectivity index is 2.49. The van der Waals surface area contributed by atoms with Gasteiger partial charge >= 0.3 is 5.97 Å². The van der Waals surface area contributed by atoms with E-state index in [2.05, 4.69) is 0 Å². The van der Waals surface area contributed by atoms with Crippen LogP contribution in [-0.4, -0.2) is 26.7 Å². The fourth-order valence-corrected chi connectivity index (χ4v) is 2.72. The lowest BCUT2D eigenvalue weighted by atomic mass is 10.3. The van der Waals surface area contributed by atoms with Gasteiger partial charge in [-0.2, -0.15) is 0 Å². The third-order valence-electron chi connectivity index (χ3n) is 2.20. The van der Waals surface area contributed by atoms with Crippen LogP contribution >= 0.6 is 0 Å². The molecule has 4 nitrogen and oxygen atoms in total. The van der Waals surface area contributed by atoms with Gasteiger partial charge in [0.25, 0.3) is 0 Å². The van der Waals surface area contributed by atoms with Crippen LogP contribution in [0.3, 0.4) is 0 Å². The van der Waals surface area contributed by atoms with Crippen molar-refractivity contribution in [2.24, 2.45) is 0 Å². The van der Waals surface area contributed by atoms with Crippen LogP contribution in [0.2, 0.25) is 0 Å². The Morgan fingerprint density at radius 2 is 1.88 bits per heavy atom. The van der Waals surface area contributed by atoms with Crippen molar-refractivity contribution in [1.29, 1.82) is 0 Å². The molecule has 0 N–H and O–H groups in total. The molecule has 0 heterocycles. The van der Waals surface area contributed by atoms with Crippen molar-refractivity contribution in [3.63, 3.8) is 0 Å². The summed E-state index contributed by atoms with van der Waals surface area (Å²) >= 11 is 0. The molecule has 5 heteroatoms. The van der Waals surface area contributed by atoms with E-state index in [9.17, 15) is 13.2 Å². The van der Waals surface area contributed by atoms with Crippen molar-refractivity contribution in [2.75, 3.05) is 12.4 Å². The number of carbonyl (C=O) groups excluding carboxylic acids is 1. The predicted octanol–water partition coefficient (Wildman–Crippen LogP) is 1.80. The number of esters is 1. The Morgan fingerprint density at radius 3 is 2.47 bits per heavy atom. The minimum Gasteiger partial charge on any atom is -0.466 e. The van der Waals surface area contributed by atoms with Crippen LogP contribution in [0.25, 0.3) is 0 Å². The summed E-state index contributed by atoms with van der Waals surface area (Å²) in [6.07, 6.45) is 0.427. The minimum atomic E-state index is -3.28. The summed E-state index contributed by atoms with van der Waals surface area (Å²) in [5.41, 5.74) is 0. The molecule has 0 saturated heterocycles. The van der Waals surface area contributed by atoms with E-state index in [4.69, 9.17) is 4.74 Å². The second-order valence-electron chi connectivity index (χ2n) is 3.54. The molecule has 0 spiro atoms. The maximum atomic E-state index is 11.8. The molecule has 0 aliphatic rings. The lowest BCUT2D eigenvalue weighted by Crippen LogP contribution is -2.10. The van der Waals surface area contributed by atoms with Crippen LogP contribution < -0.4 is 0 Å². The van der Waals surface area contributed by atoms with Crippen molar-refractivity contribution in [2.45, 2.75) is 24.7 Å². The molecule has 0 bridgehead atoms. The average Bonchev–Trinajstić information content (AvgIpc) is 2.30. The standard InChI is InChI=1S/C12H16O4S/c1-2-16-12(13)9-6-10-17(14,15)11-7-4-3-5-8-11/h3-5,7-8H,2,6,9-10H2,1H3. The van der Waals surface area contributed by atoms with E-state index in [0.717, 1.165) is 0 Å². The molecule has 0 aliphatic carbocycles. The lowest BCUT2D eigenvalue weighted by Gasteiger charge is -2.04. The Labute approximate surface area is 102 Å². The van der Waals surface area contributed by atoms with Crippen LogP contribution in [0, 0.1) is 0 Å². The molecule has 0 unspecified atom stereocenters. The Bertz CT molecular complexity index is 451. The zero-order valence-corrected chi connectivity index (χ0v) is 10.6. The second-order valence-corrected chi connectivity index (χ2v) is 5.65. The average molecular weight is 256 g/mol. The molecule has 0 fully saturated rings. The summed E-state index contributed by atoms with van der Waals surface area (Å²) in [4.78, 5) is 11.3. The maximum absolute atomic E-state index is 11.8. The van der Waals surface area contributed by atoms with Gasteiger partial charge < -0.3 is 4.74 Å². The molecule has 1 aromatic carbocycles. The van der Waals surface area contributed by atoms with Crippen LogP contribution in [0.15, 0.2) is 35.2 Å². The molecular weight excluding hydrogens is 240 g/mol. The van der Waals surface area contributed by atoms with Crippen molar-refractivity contribution in [3.8, 4) is 0 Å². The smallest absolute Gasteiger partial charge is 0.305 e. The Kier molecular flexibility index (Phi) is 5.15. The third-order valence-corrected chi connectivity index (χ3v) is 4.02. The zero-order valence-electron chi connectivity index (χ0n) is 9.76. The molecule has 0 aromatic heterocycles. The molecular formula is C12H16O4S. The summed E-state index contributed by atoms with van der Waals surface area (Å²) < 4.78 is 28.4. The first-order valence-electron chi connectivity index (χ1n) is 5.49. The van der Waals surface area contributed by atoms with Crippen molar-refractivity contribution in [1.82, 2.24) is 0 Å². The molecule has 1 aromatic rings. The van der Waals surface area contributed by atoms with Crippen molar-refractivity contribution >= 4 is 15.8 Å². The highest BCUT2D eigenvalue weighted by atomic mass is 32.2. The zero-order chi connectivity index (χ0) is 12.7. The van der Waals surface area contributed by atoms with Crippen LogP contribution in [0.5, 0.6) is 0 Å². The van der Waals surface area contributed by atoms with Gasteiger partial charge in [0.2, 0.25) is 0 Å². The summed E-state index contributed by atoms with van der Waals surface area (Å²) in [5.74, 6) is -0.383. The minimum absolute atomic E-state index is 0.0319. The van der Waals surface area contributed by atoms with E-state index in [0.29, 0.717) is 11.5 Å². The van der Waals surface area contributed by atoms with Gasteiger partial charge in [-0.15, -0.1) is 0 Å². The van der Waals surface area contributed by atoms with Crippen molar-refractivity contribution in [3.05, 3.63) is 30.3 Å². The van der Waals surface area contributed by atoms with Gasteiger partial charge in [-0.25, -0.2) is 8.42 Å². The molecule has 0 aliphatic heterocycles. The monoisotopic (exact) mass is 256 g/mol. The highest BCUT2D eigenvalue weighted by Crippen LogP contribution is 2.11. The van der Waals surface area contributed by atoms with Crippen LogP contribution in [0.4, 0.5) is 0 Å². The number of ether oxygens (including phenoxy) is 1. The van der Waals surface area contributed by atoms with Crippen molar-refractivity contribution < 1.29 is 17.9 Å². The van der Waals surface area contributed by atoms with E-state index in [-0.39, 0.29) is 24.6 Å². The number of hydrogen-bond donors (Lipinski definition) is 0. The molecule has 1 rings (SSSR count). The van der Waals surface area contributed by atoms with Gasteiger partial charge in [-0.05, 0) is 25.5 Å². The van der Waals surface area contributed by atoms with Gasteiger partial charge in [0.1, 0.15) is 0 Å². The van der Waals surface area contributed by atoms with E-state index >= 15 is 0 Å². The van der Waals surface area contributed by atoms with Crippen LogP contribution in [-0.2, 0) is 19.4 Å². The fraction of sp³-hybridized carbons (Fsp3) is 0.417. The number of sulfone groups is 1. The Hall–Kier alpha value is -1.36.